The van der Waals surface area contributed by atoms with Gasteiger partial charge in [0.1, 0.15) is 11.9 Å². The molecule has 27 heavy (non-hydrogen) atoms. The molecule has 1 N–H and O–H groups in total. The summed E-state index contributed by atoms with van der Waals surface area (Å²) in [5.41, 5.74) is 2.11. The van der Waals surface area contributed by atoms with Crippen molar-refractivity contribution < 1.29 is 14.3 Å². The van der Waals surface area contributed by atoms with Crippen molar-refractivity contribution in [3.63, 3.8) is 0 Å². The molecule has 0 saturated carbocycles. The van der Waals surface area contributed by atoms with Gasteiger partial charge >= 0.3 is 0 Å². The minimum Gasteiger partial charge on any atom is -0.394 e. The second-order valence-corrected chi connectivity index (χ2v) is 6.99. The summed E-state index contributed by atoms with van der Waals surface area (Å²) in [4.78, 5) is 15.6. The lowest BCUT2D eigenvalue weighted by Crippen LogP contribution is -2.66. The smallest absolute Gasteiger partial charge is 0.238 e. The van der Waals surface area contributed by atoms with E-state index in [0.29, 0.717) is 5.56 Å². The Bertz CT molecular complexity index is 860. The molecule has 1 amide bonds. The van der Waals surface area contributed by atoms with E-state index in [9.17, 15) is 19.6 Å². The molecule has 0 bridgehead atoms. The van der Waals surface area contributed by atoms with Crippen LogP contribution >= 0.6 is 0 Å². The highest BCUT2D eigenvalue weighted by Gasteiger charge is 2.51. The summed E-state index contributed by atoms with van der Waals surface area (Å²) in [7, 11) is 3.57. The summed E-state index contributed by atoms with van der Waals surface area (Å²) in [6.45, 7) is -0.0231. The fourth-order valence-electron chi connectivity index (χ4n) is 3.68. The number of aliphatic hydroxyl groups excluding tert-OH is 1. The maximum Gasteiger partial charge on any atom is 0.238 e. The fraction of sp³-hybridized carbons (Fsp3) is 0.333. The molecule has 3 rings (SSSR count). The van der Waals surface area contributed by atoms with Crippen LogP contribution in [0.3, 0.4) is 0 Å². The van der Waals surface area contributed by atoms with Gasteiger partial charge in [-0.3, -0.25) is 4.79 Å². The van der Waals surface area contributed by atoms with Crippen LogP contribution in [0.4, 0.5) is 4.39 Å². The van der Waals surface area contributed by atoms with Gasteiger partial charge in [-0.1, -0.05) is 42.5 Å². The molecule has 1 fully saturated rings. The minimum absolute atomic E-state index is 0.176. The molecule has 3 atom stereocenters. The number of likely N-dealkylation sites (tertiary alicyclic amines) is 1. The van der Waals surface area contributed by atoms with Crippen molar-refractivity contribution in [1.82, 2.24) is 9.80 Å². The van der Waals surface area contributed by atoms with Crippen LogP contribution in [-0.4, -0.2) is 60.1 Å². The van der Waals surface area contributed by atoms with Crippen LogP contribution in [0.2, 0.25) is 0 Å². The van der Waals surface area contributed by atoms with Crippen molar-refractivity contribution >= 4 is 5.91 Å². The Morgan fingerprint density at radius 3 is 2.44 bits per heavy atom. The Morgan fingerprint density at radius 1 is 1.22 bits per heavy atom. The zero-order valence-corrected chi connectivity index (χ0v) is 15.3. The Morgan fingerprint density at radius 2 is 1.89 bits per heavy atom. The van der Waals surface area contributed by atoms with Gasteiger partial charge in [-0.05, 0) is 31.3 Å². The van der Waals surface area contributed by atoms with Crippen molar-refractivity contribution in [2.24, 2.45) is 0 Å². The first kappa shape index (κ1) is 19.0. The monoisotopic (exact) mass is 367 g/mol. The van der Waals surface area contributed by atoms with Crippen LogP contribution < -0.4 is 0 Å². The summed E-state index contributed by atoms with van der Waals surface area (Å²) >= 11 is 0. The molecule has 6 heteroatoms. The summed E-state index contributed by atoms with van der Waals surface area (Å²) in [5, 5.41) is 19.4. The van der Waals surface area contributed by atoms with Gasteiger partial charge in [-0.2, -0.15) is 5.26 Å². The number of aliphatic hydroxyl groups is 1. The van der Waals surface area contributed by atoms with E-state index in [4.69, 9.17) is 0 Å². The number of nitriles is 1. The van der Waals surface area contributed by atoms with Gasteiger partial charge in [-0.15, -0.1) is 0 Å². The van der Waals surface area contributed by atoms with Crippen molar-refractivity contribution in [3.05, 3.63) is 59.9 Å². The number of amides is 1. The van der Waals surface area contributed by atoms with Gasteiger partial charge < -0.3 is 14.9 Å². The van der Waals surface area contributed by atoms with E-state index < -0.39 is 12.1 Å². The van der Waals surface area contributed by atoms with E-state index in [2.05, 4.69) is 6.07 Å². The summed E-state index contributed by atoms with van der Waals surface area (Å²) in [5.74, 6) is -0.733. The molecule has 5 nitrogen and oxygen atoms in total. The van der Waals surface area contributed by atoms with Crippen LogP contribution in [0.25, 0.3) is 11.1 Å². The highest BCUT2D eigenvalue weighted by Crippen LogP contribution is 2.41. The Hall–Kier alpha value is -2.75. The number of benzene rings is 2. The largest absolute Gasteiger partial charge is 0.394 e. The van der Waals surface area contributed by atoms with Gasteiger partial charge in [-0.25, -0.2) is 4.39 Å². The summed E-state index contributed by atoms with van der Waals surface area (Å²) in [6.07, 6.45) is 0. The van der Waals surface area contributed by atoms with Crippen LogP contribution in [0.5, 0.6) is 0 Å². The topological polar surface area (TPSA) is 67.6 Å². The molecule has 140 valence electrons. The molecule has 1 heterocycles. The van der Waals surface area contributed by atoms with Crippen LogP contribution in [-0.2, 0) is 4.79 Å². The Kier molecular flexibility index (Phi) is 5.54. The zero-order chi connectivity index (χ0) is 19.6. The second kappa shape index (κ2) is 7.87. The van der Waals surface area contributed by atoms with Crippen molar-refractivity contribution in [2.45, 2.75) is 18.0 Å². The lowest BCUT2D eigenvalue weighted by atomic mass is 9.75. The molecular formula is C21H22FN3O2. The van der Waals surface area contributed by atoms with Gasteiger partial charge in [0.05, 0.1) is 25.3 Å². The maximum atomic E-state index is 14.0. The van der Waals surface area contributed by atoms with E-state index >= 15 is 0 Å². The summed E-state index contributed by atoms with van der Waals surface area (Å²) in [6, 6.07) is 15.0. The van der Waals surface area contributed by atoms with Crippen molar-refractivity contribution in [1.29, 1.82) is 5.26 Å². The fourth-order valence-corrected chi connectivity index (χ4v) is 3.68. The highest BCUT2D eigenvalue weighted by atomic mass is 19.1. The number of likely N-dealkylation sites (N-methyl/N-ethyl adjacent to an activating group) is 1. The van der Waals surface area contributed by atoms with E-state index in [1.165, 1.54) is 11.0 Å². The Labute approximate surface area is 158 Å². The number of carbonyl (C=O) groups is 1. The first-order chi connectivity index (χ1) is 13.0. The maximum absolute atomic E-state index is 14.0. The van der Waals surface area contributed by atoms with E-state index in [1.807, 2.05) is 12.1 Å². The third kappa shape index (κ3) is 3.57. The van der Waals surface area contributed by atoms with Crippen LogP contribution in [0.1, 0.15) is 11.5 Å². The predicted molar refractivity (Wildman–Crippen MR) is 100 cm³/mol. The molecular weight excluding hydrogens is 345 g/mol. The Balaban J connectivity index is 1.84. The lowest BCUT2D eigenvalue weighted by Gasteiger charge is -2.51. The highest BCUT2D eigenvalue weighted by molar-refractivity contribution is 5.81. The van der Waals surface area contributed by atoms with Gasteiger partial charge in [0.2, 0.25) is 5.91 Å². The first-order valence-electron chi connectivity index (χ1n) is 8.79. The average molecular weight is 367 g/mol. The number of hydrogen-bond acceptors (Lipinski definition) is 4. The number of nitrogens with zero attached hydrogens (tertiary/aromatic N) is 3. The van der Waals surface area contributed by atoms with Gasteiger partial charge in [0.15, 0.2) is 0 Å². The SMILES string of the molecule is CN(C)CC(=O)N1[C@H](C#N)[C@@H](c2ccc(-c3ccccc3F)cc2)[C@H]1CO. The summed E-state index contributed by atoms with van der Waals surface area (Å²) < 4.78 is 14.0. The number of carbonyl (C=O) groups excluding carboxylic acids is 1. The van der Waals surface area contributed by atoms with E-state index in [0.717, 1.165) is 11.1 Å². The molecule has 2 aromatic rings. The number of halogens is 1. The zero-order valence-electron chi connectivity index (χ0n) is 15.3. The van der Waals surface area contributed by atoms with Crippen LogP contribution in [0, 0.1) is 17.1 Å². The number of rotatable bonds is 5. The molecule has 0 spiro atoms. The normalized spacial score (nSPS) is 21.6. The molecule has 1 aliphatic rings. The molecule has 1 aliphatic heterocycles. The quantitative estimate of drug-likeness (QED) is 0.880. The molecule has 0 unspecified atom stereocenters. The standard InChI is InChI=1S/C21H22FN3O2/c1-24(2)12-20(27)25-18(11-23)21(19(25)13-26)15-9-7-14(8-10-15)16-5-3-4-6-17(16)22/h3-10,18-19,21,26H,12-13H2,1-2H3/t18-,19-,21-/m1/s1. The molecule has 0 radical (unpaired) electrons. The first-order valence-corrected chi connectivity index (χ1v) is 8.79. The number of hydrogen-bond donors (Lipinski definition) is 1. The molecule has 2 aromatic carbocycles. The van der Waals surface area contributed by atoms with Gasteiger partial charge in [0, 0.05) is 11.5 Å². The molecule has 1 saturated heterocycles. The third-order valence-electron chi connectivity index (χ3n) is 4.95. The third-order valence-corrected chi connectivity index (χ3v) is 4.95. The van der Waals surface area contributed by atoms with Gasteiger partial charge in [0.25, 0.3) is 0 Å². The van der Waals surface area contributed by atoms with Crippen LogP contribution in [0.15, 0.2) is 48.5 Å². The minimum atomic E-state index is -0.617. The van der Waals surface area contributed by atoms with Crippen molar-refractivity contribution in [3.8, 4) is 17.2 Å². The average Bonchev–Trinajstić information content (AvgIpc) is 2.62. The van der Waals surface area contributed by atoms with Crippen molar-refractivity contribution in [2.75, 3.05) is 27.2 Å². The van der Waals surface area contributed by atoms with E-state index in [1.54, 1.807) is 49.3 Å². The predicted octanol–water partition coefficient (Wildman–Crippen LogP) is 2.23. The second-order valence-electron chi connectivity index (χ2n) is 6.99. The van der Waals surface area contributed by atoms with E-state index in [-0.39, 0.29) is 30.8 Å². The molecule has 0 aliphatic carbocycles. The molecule has 0 aromatic heterocycles. The lowest BCUT2D eigenvalue weighted by molar-refractivity contribution is -0.147.